The van der Waals surface area contributed by atoms with E-state index in [1.807, 2.05) is 24.3 Å². The van der Waals surface area contributed by atoms with E-state index in [2.05, 4.69) is 26.1 Å². The molecule has 3 heteroatoms. The van der Waals surface area contributed by atoms with Crippen LogP contribution in [0.25, 0.3) is 0 Å². The largest absolute Gasteiger partial charge is 0.508 e. The van der Waals surface area contributed by atoms with Gasteiger partial charge in [-0.25, -0.2) is 0 Å². The Morgan fingerprint density at radius 2 is 1.55 bits per heavy atom. The van der Waals surface area contributed by atoms with Gasteiger partial charge in [0.15, 0.2) is 0 Å². The van der Waals surface area contributed by atoms with E-state index in [4.69, 9.17) is 0 Å². The Morgan fingerprint density at radius 1 is 1.00 bits per heavy atom. The van der Waals surface area contributed by atoms with Gasteiger partial charge in [-0.2, -0.15) is 0 Å². The average Bonchev–Trinajstić information content (AvgIpc) is 2.56. The number of aromatic hydroxyl groups is 1. The van der Waals surface area contributed by atoms with E-state index in [9.17, 15) is 9.90 Å². The van der Waals surface area contributed by atoms with Gasteiger partial charge in [0.25, 0.3) is 5.91 Å². The lowest BCUT2D eigenvalue weighted by Crippen LogP contribution is -2.20. The molecule has 0 fully saturated rings. The van der Waals surface area contributed by atoms with E-state index in [-0.39, 0.29) is 17.1 Å². The van der Waals surface area contributed by atoms with Crippen LogP contribution in [0.2, 0.25) is 0 Å². The molecule has 116 valence electrons. The van der Waals surface area contributed by atoms with Crippen molar-refractivity contribution in [2.75, 3.05) is 5.32 Å². The third-order valence-corrected chi connectivity index (χ3v) is 4.53. The second-order valence-electron chi connectivity index (χ2n) is 5.85. The molecule has 3 nitrogen and oxygen atoms in total. The summed E-state index contributed by atoms with van der Waals surface area (Å²) >= 11 is 0. The average molecular weight is 297 g/mol. The fraction of sp³-hybridized carbons (Fsp3) is 0.316. The lowest BCUT2D eigenvalue weighted by Gasteiger charge is -2.27. The molecule has 0 aliphatic rings. The predicted octanol–water partition coefficient (Wildman–Crippen LogP) is 4.72. The summed E-state index contributed by atoms with van der Waals surface area (Å²) in [6.45, 7) is 6.63. The van der Waals surface area contributed by atoms with Crippen molar-refractivity contribution in [3.63, 3.8) is 0 Å². The summed E-state index contributed by atoms with van der Waals surface area (Å²) in [5, 5.41) is 12.1. The molecule has 0 heterocycles. The Labute approximate surface area is 132 Å². The lowest BCUT2D eigenvalue weighted by molar-refractivity contribution is 0.102. The van der Waals surface area contributed by atoms with Crippen molar-refractivity contribution < 1.29 is 9.90 Å². The highest BCUT2D eigenvalue weighted by Crippen LogP contribution is 2.31. The van der Waals surface area contributed by atoms with Crippen molar-refractivity contribution in [3.05, 3.63) is 59.7 Å². The maximum Gasteiger partial charge on any atom is 0.255 e. The highest BCUT2D eigenvalue weighted by Gasteiger charge is 2.22. The summed E-state index contributed by atoms with van der Waals surface area (Å²) in [5.41, 5.74) is 2.72. The molecule has 0 aliphatic heterocycles. The van der Waals surface area contributed by atoms with Gasteiger partial charge in [-0.15, -0.1) is 0 Å². The second kappa shape index (κ2) is 6.65. The van der Waals surface area contributed by atoms with Gasteiger partial charge in [0.05, 0.1) is 0 Å². The molecular formula is C19H23NO2. The third-order valence-electron chi connectivity index (χ3n) is 4.53. The van der Waals surface area contributed by atoms with Gasteiger partial charge in [-0.3, -0.25) is 4.79 Å². The highest BCUT2D eigenvalue weighted by atomic mass is 16.3. The quantitative estimate of drug-likeness (QED) is 0.784. The van der Waals surface area contributed by atoms with Gasteiger partial charge < -0.3 is 10.4 Å². The maximum atomic E-state index is 12.2. The van der Waals surface area contributed by atoms with Crippen LogP contribution in [-0.4, -0.2) is 11.0 Å². The summed E-state index contributed by atoms with van der Waals surface area (Å²) in [6, 6.07) is 14.3. The third kappa shape index (κ3) is 3.48. The van der Waals surface area contributed by atoms with E-state index in [1.54, 1.807) is 24.3 Å². The number of hydrogen-bond acceptors (Lipinski definition) is 2. The zero-order valence-corrected chi connectivity index (χ0v) is 13.4. The Bertz CT molecular complexity index is 625. The maximum absolute atomic E-state index is 12.2. The molecule has 0 radical (unpaired) electrons. The zero-order chi connectivity index (χ0) is 16.2. The number of phenols is 1. The number of rotatable bonds is 5. The number of nitrogens with one attached hydrogen (secondary N) is 1. The monoisotopic (exact) mass is 297 g/mol. The standard InChI is InChI=1S/C19H23NO2/c1-4-19(3,5-2)15-8-6-14(7-9-15)18(22)20-16-10-12-17(21)13-11-16/h6-13,21H,4-5H2,1-3H3,(H,20,22). The van der Waals surface area contributed by atoms with Crippen LogP contribution in [0.3, 0.4) is 0 Å². The smallest absolute Gasteiger partial charge is 0.255 e. The molecule has 2 aromatic rings. The van der Waals surface area contributed by atoms with E-state index in [0.717, 1.165) is 12.8 Å². The van der Waals surface area contributed by atoms with Crippen LogP contribution in [0.5, 0.6) is 5.75 Å². The van der Waals surface area contributed by atoms with Crippen molar-refractivity contribution in [2.24, 2.45) is 0 Å². The van der Waals surface area contributed by atoms with Crippen molar-refractivity contribution in [3.8, 4) is 5.75 Å². The Hall–Kier alpha value is -2.29. The number of carbonyl (C=O) groups excluding carboxylic acids is 1. The minimum atomic E-state index is -0.146. The molecule has 0 saturated carbocycles. The summed E-state index contributed by atoms with van der Waals surface area (Å²) in [4.78, 5) is 12.2. The van der Waals surface area contributed by atoms with Crippen LogP contribution in [0, 0.1) is 0 Å². The molecule has 0 bridgehead atoms. The zero-order valence-electron chi connectivity index (χ0n) is 13.4. The fourth-order valence-corrected chi connectivity index (χ4v) is 2.43. The summed E-state index contributed by atoms with van der Waals surface area (Å²) in [7, 11) is 0. The minimum absolute atomic E-state index is 0.146. The van der Waals surface area contributed by atoms with Gasteiger partial charge in [0.2, 0.25) is 0 Å². The van der Waals surface area contributed by atoms with Crippen LogP contribution in [0.15, 0.2) is 48.5 Å². The number of carbonyl (C=O) groups is 1. The molecule has 0 aromatic heterocycles. The predicted molar refractivity (Wildman–Crippen MR) is 90.4 cm³/mol. The Kier molecular flexibility index (Phi) is 4.86. The minimum Gasteiger partial charge on any atom is -0.508 e. The first-order valence-corrected chi connectivity index (χ1v) is 7.69. The van der Waals surface area contributed by atoms with Crippen molar-refractivity contribution >= 4 is 11.6 Å². The summed E-state index contributed by atoms with van der Waals surface area (Å²) in [5.74, 6) is 0.0349. The van der Waals surface area contributed by atoms with Gasteiger partial charge in [-0.05, 0) is 60.2 Å². The van der Waals surface area contributed by atoms with Gasteiger partial charge in [0, 0.05) is 11.3 Å². The Morgan fingerprint density at radius 3 is 2.05 bits per heavy atom. The second-order valence-corrected chi connectivity index (χ2v) is 5.85. The topological polar surface area (TPSA) is 49.3 Å². The fourth-order valence-electron chi connectivity index (χ4n) is 2.43. The number of benzene rings is 2. The van der Waals surface area contributed by atoms with Crippen LogP contribution in [0.1, 0.15) is 49.5 Å². The number of hydrogen-bond donors (Lipinski definition) is 2. The molecule has 0 saturated heterocycles. The first-order chi connectivity index (χ1) is 10.5. The van der Waals surface area contributed by atoms with Crippen LogP contribution < -0.4 is 5.32 Å². The van der Waals surface area contributed by atoms with Gasteiger partial charge in [-0.1, -0.05) is 32.9 Å². The van der Waals surface area contributed by atoms with Gasteiger partial charge >= 0.3 is 0 Å². The lowest BCUT2D eigenvalue weighted by atomic mass is 9.78. The Balaban J connectivity index is 2.13. The first kappa shape index (κ1) is 16.1. The van der Waals surface area contributed by atoms with Crippen molar-refractivity contribution in [1.29, 1.82) is 0 Å². The van der Waals surface area contributed by atoms with Gasteiger partial charge in [0.1, 0.15) is 5.75 Å². The molecule has 2 N–H and O–H groups in total. The molecule has 2 aromatic carbocycles. The summed E-state index contributed by atoms with van der Waals surface area (Å²) < 4.78 is 0. The van der Waals surface area contributed by atoms with Crippen molar-refractivity contribution in [1.82, 2.24) is 0 Å². The van der Waals surface area contributed by atoms with Crippen molar-refractivity contribution in [2.45, 2.75) is 39.0 Å². The van der Waals surface area contributed by atoms with E-state index in [0.29, 0.717) is 11.3 Å². The summed E-state index contributed by atoms with van der Waals surface area (Å²) in [6.07, 6.45) is 2.14. The van der Waals surface area contributed by atoms with E-state index < -0.39 is 0 Å². The molecule has 22 heavy (non-hydrogen) atoms. The van der Waals surface area contributed by atoms with Crippen LogP contribution >= 0.6 is 0 Å². The molecule has 0 unspecified atom stereocenters. The normalized spacial score (nSPS) is 11.2. The number of anilines is 1. The highest BCUT2D eigenvalue weighted by molar-refractivity contribution is 6.04. The number of amides is 1. The molecule has 0 spiro atoms. The molecule has 1 amide bonds. The van der Waals surface area contributed by atoms with Crippen LogP contribution in [0.4, 0.5) is 5.69 Å². The SMILES string of the molecule is CCC(C)(CC)c1ccc(C(=O)Nc2ccc(O)cc2)cc1. The molecule has 2 rings (SSSR count). The molecule has 0 aliphatic carbocycles. The first-order valence-electron chi connectivity index (χ1n) is 7.69. The molecule has 0 atom stereocenters. The van der Waals surface area contributed by atoms with E-state index in [1.165, 1.54) is 5.56 Å². The number of phenolic OH excluding ortho intramolecular Hbond substituents is 1. The molecular weight excluding hydrogens is 274 g/mol. The van der Waals surface area contributed by atoms with Crippen LogP contribution in [-0.2, 0) is 5.41 Å². The van der Waals surface area contributed by atoms with E-state index >= 15 is 0 Å².